The van der Waals surface area contributed by atoms with E-state index in [0.29, 0.717) is 19.4 Å². The van der Waals surface area contributed by atoms with Crippen molar-refractivity contribution in [1.82, 2.24) is 9.96 Å². The number of amides is 2. The Morgan fingerprint density at radius 3 is 2.79 bits per heavy atom. The average Bonchev–Trinajstić information content (AvgIpc) is 2.20. The lowest BCUT2D eigenvalue weighted by atomic mass is 9.97. The van der Waals surface area contributed by atoms with Crippen LogP contribution in [0.2, 0.25) is 0 Å². The van der Waals surface area contributed by atoms with E-state index in [2.05, 4.69) is 0 Å². The maximum Gasteiger partial charge on any atom is 0.250 e. The van der Waals surface area contributed by atoms with Crippen LogP contribution >= 0.6 is 0 Å². The minimum Gasteiger partial charge on any atom is -0.345 e. The fourth-order valence-electron chi connectivity index (χ4n) is 1.56. The lowest BCUT2D eigenvalue weighted by Crippen LogP contribution is -2.44. The van der Waals surface area contributed by atoms with Crippen LogP contribution in [-0.2, 0) is 14.4 Å². The van der Waals surface area contributed by atoms with Gasteiger partial charge in [-0.2, -0.15) is 0 Å². The zero-order chi connectivity index (χ0) is 10.7. The zero-order valence-corrected chi connectivity index (χ0v) is 8.82. The molecule has 0 saturated carbocycles. The van der Waals surface area contributed by atoms with Crippen LogP contribution in [0.25, 0.3) is 0 Å². The molecule has 0 radical (unpaired) electrons. The Kier molecular flexibility index (Phi) is 3.46. The van der Waals surface area contributed by atoms with Gasteiger partial charge in [-0.25, -0.2) is 5.06 Å². The van der Waals surface area contributed by atoms with Crippen molar-refractivity contribution in [2.24, 2.45) is 5.92 Å². The maximum absolute atomic E-state index is 11.6. The third kappa shape index (κ3) is 2.23. The molecule has 0 aromatic rings. The van der Waals surface area contributed by atoms with Gasteiger partial charge in [0.2, 0.25) is 5.91 Å². The molecule has 0 spiro atoms. The topological polar surface area (TPSA) is 49.9 Å². The summed E-state index contributed by atoms with van der Waals surface area (Å²) in [4.78, 5) is 29.2. The van der Waals surface area contributed by atoms with E-state index in [1.807, 2.05) is 0 Å². The normalized spacial score (nSPS) is 22.4. The zero-order valence-electron chi connectivity index (χ0n) is 8.82. The lowest BCUT2D eigenvalue weighted by molar-refractivity contribution is -0.175. The summed E-state index contributed by atoms with van der Waals surface area (Å²) in [5.41, 5.74) is 0. The number of piperidine rings is 1. The number of nitrogens with zero attached hydrogens (tertiary/aromatic N) is 2. The minimum atomic E-state index is -0.123. The number of hydrogen-bond donors (Lipinski definition) is 0. The van der Waals surface area contributed by atoms with E-state index in [-0.39, 0.29) is 17.7 Å². The predicted octanol–water partition coefficient (Wildman–Crippen LogP) is -0.125. The van der Waals surface area contributed by atoms with Gasteiger partial charge in [0.25, 0.3) is 5.91 Å². The molecule has 1 heterocycles. The molecule has 1 saturated heterocycles. The first-order valence-electron chi connectivity index (χ1n) is 4.62. The summed E-state index contributed by atoms with van der Waals surface area (Å²) in [6.07, 6.45) is 1.07. The van der Waals surface area contributed by atoms with Crippen molar-refractivity contribution < 1.29 is 14.4 Å². The highest BCUT2D eigenvalue weighted by molar-refractivity contribution is 5.83. The van der Waals surface area contributed by atoms with Crippen LogP contribution in [0, 0.1) is 5.92 Å². The quantitative estimate of drug-likeness (QED) is 0.584. The number of rotatable bonds is 2. The van der Waals surface area contributed by atoms with E-state index in [9.17, 15) is 9.59 Å². The van der Waals surface area contributed by atoms with E-state index in [4.69, 9.17) is 4.84 Å². The molecule has 0 aromatic carbocycles. The SMILES string of the molecule is CON(C)C(=O)C1CCC(=O)N(C)C1. The number of carbonyl (C=O) groups is 2. The van der Waals surface area contributed by atoms with Gasteiger partial charge in [-0.3, -0.25) is 14.4 Å². The number of hydroxylamine groups is 2. The molecule has 0 N–H and O–H groups in total. The standard InChI is InChI=1S/C9H16N2O3/c1-10-6-7(4-5-8(10)12)9(13)11(2)14-3/h7H,4-6H2,1-3H3. The number of likely N-dealkylation sites (tertiary alicyclic amines) is 1. The Labute approximate surface area is 83.6 Å². The Balaban J connectivity index is 2.54. The van der Waals surface area contributed by atoms with Crippen LogP contribution < -0.4 is 0 Å². The Bertz CT molecular complexity index is 242. The van der Waals surface area contributed by atoms with Crippen molar-refractivity contribution in [3.05, 3.63) is 0 Å². The van der Waals surface area contributed by atoms with Crippen LogP contribution in [-0.4, -0.2) is 49.5 Å². The highest BCUT2D eigenvalue weighted by Gasteiger charge is 2.30. The van der Waals surface area contributed by atoms with Crippen LogP contribution in [0.1, 0.15) is 12.8 Å². The van der Waals surface area contributed by atoms with Crippen LogP contribution in [0.5, 0.6) is 0 Å². The number of carbonyl (C=O) groups excluding carboxylic acids is 2. The Hall–Kier alpha value is -1.10. The van der Waals surface area contributed by atoms with E-state index in [1.54, 1.807) is 19.0 Å². The summed E-state index contributed by atoms with van der Waals surface area (Å²) in [6, 6.07) is 0. The largest absolute Gasteiger partial charge is 0.345 e. The van der Waals surface area contributed by atoms with Gasteiger partial charge in [-0.1, -0.05) is 0 Å². The minimum absolute atomic E-state index is 0.0631. The van der Waals surface area contributed by atoms with E-state index in [1.165, 1.54) is 12.2 Å². The van der Waals surface area contributed by atoms with Crippen molar-refractivity contribution in [2.75, 3.05) is 27.7 Å². The summed E-state index contributed by atoms with van der Waals surface area (Å²) >= 11 is 0. The van der Waals surface area contributed by atoms with Gasteiger partial charge in [0, 0.05) is 27.1 Å². The summed E-state index contributed by atoms with van der Waals surface area (Å²) < 4.78 is 0. The molecule has 1 aliphatic rings. The van der Waals surface area contributed by atoms with Gasteiger partial charge in [-0.15, -0.1) is 0 Å². The van der Waals surface area contributed by atoms with E-state index < -0.39 is 0 Å². The van der Waals surface area contributed by atoms with Gasteiger partial charge < -0.3 is 4.90 Å². The Morgan fingerprint density at radius 2 is 2.29 bits per heavy atom. The number of hydrogen-bond acceptors (Lipinski definition) is 3. The van der Waals surface area contributed by atoms with Gasteiger partial charge in [0.05, 0.1) is 13.0 Å². The van der Waals surface area contributed by atoms with Crippen molar-refractivity contribution in [3.8, 4) is 0 Å². The molecule has 0 bridgehead atoms. The molecule has 1 fully saturated rings. The lowest BCUT2D eigenvalue weighted by Gasteiger charge is -2.30. The molecule has 5 nitrogen and oxygen atoms in total. The fourth-order valence-corrected chi connectivity index (χ4v) is 1.56. The van der Waals surface area contributed by atoms with Crippen molar-refractivity contribution >= 4 is 11.8 Å². The smallest absolute Gasteiger partial charge is 0.250 e. The van der Waals surface area contributed by atoms with E-state index >= 15 is 0 Å². The molecule has 2 amide bonds. The summed E-state index contributed by atoms with van der Waals surface area (Å²) in [5, 5.41) is 1.22. The van der Waals surface area contributed by atoms with Gasteiger partial charge in [0.1, 0.15) is 0 Å². The van der Waals surface area contributed by atoms with Crippen LogP contribution in [0.15, 0.2) is 0 Å². The molecule has 14 heavy (non-hydrogen) atoms. The molecule has 0 aliphatic carbocycles. The molecule has 0 aromatic heterocycles. The summed E-state index contributed by atoms with van der Waals surface area (Å²) in [7, 11) is 4.75. The predicted molar refractivity (Wildman–Crippen MR) is 50.1 cm³/mol. The van der Waals surface area contributed by atoms with Crippen molar-refractivity contribution in [1.29, 1.82) is 0 Å². The van der Waals surface area contributed by atoms with Gasteiger partial charge in [0.15, 0.2) is 0 Å². The monoisotopic (exact) mass is 200 g/mol. The van der Waals surface area contributed by atoms with Crippen LogP contribution in [0.3, 0.4) is 0 Å². The highest BCUT2D eigenvalue weighted by atomic mass is 16.7. The summed E-state index contributed by atoms with van der Waals surface area (Å²) in [6.45, 7) is 0.491. The second kappa shape index (κ2) is 4.41. The molecule has 1 aliphatic heterocycles. The van der Waals surface area contributed by atoms with Crippen molar-refractivity contribution in [2.45, 2.75) is 12.8 Å². The van der Waals surface area contributed by atoms with Crippen molar-refractivity contribution in [3.63, 3.8) is 0 Å². The first-order valence-corrected chi connectivity index (χ1v) is 4.62. The third-order valence-corrected chi connectivity index (χ3v) is 2.56. The summed E-state index contributed by atoms with van der Waals surface area (Å²) in [5.74, 6) is -0.0800. The molecular weight excluding hydrogens is 184 g/mol. The second-order valence-electron chi connectivity index (χ2n) is 3.53. The Morgan fingerprint density at radius 1 is 1.64 bits per heavy atom. The molecule has 5 heteroatoms. The highest BCUT2D eigenvalue weighted by Crippen LogP contribution is 2.17. The molecule has 1 rings (SSSR count). The van der Waals surface area contributed by atoms with Gasteiger partial charge >= 0.3 is 0 Å². The average molecular weight is 200 g/mol. The fraction of sp³-hybridized carbons (Fsp3) is 0.778. The van der Waals surface area contributed by atoms with E-state index in [0.717, 1.165) is 0 Å². The maximum atomic E-state index is 11.6. The third-order valence-electron chi connectivity index (χ3n) is 2.56. The van der Waals surface area contributed by atoms with Crippen LogP contribution in [0.4, 0.5) is 0 Å². The molecule has 1 unspecified atom stereocenters. The first kappa shape index (κ1) is 11.0. The molecule has 1 atom stereocenters. The molecular formula is C9H16N2O3. The van der Waals surface area contributed by atoms with Gasteiger partial charge in [-0.05, 0) is 6.42 Å². The molecule has 80 valence electrons. The second-order valence-corrected chi connectivity index (χ2v) is 3.53. The first-order chi connectivity index (χ1) is 6.56.